The summed E-state index contributed by atoms with van der Waals surface area (Å²) in [5.41, 5.74) is 0. The molecule has 0 atom stereocenters. The number of hydrogen-bond donors (Lipinski definition) is 0. The van der Waals surface area contributed by atoms with Crippen LogP contribution in [0, 0.1) is 0 Å². The average Bonchev–Trinajstić information content (AvgIpc) is 2.35. The molecule has 102 valence electrons. The van der Waals surface area contributed by atoms with Gasteiger partial charge in [-0.25, -0.2) is 0 Å². The van der Waals surface area contributed by atoms with Crippen molar-refractivity contribution in [3.05, 3.63) is 0 Å². The van der Waals surface area contributed by atoms with Gasteiger partial charge in [-0.2, -0.15) is 0 Å². The molecule has 0 amide bonds. The molecule has 5 nitrogen and oxygen atoms in total. The molecule has 0 rings (SSSR count). The van der Waals surface area contributed by atoms with Crippen molar-refractivity contribution in [3.8, 4) is 0 Å². The number of carbonyl (C=O) groups is 1. The minimum atomic E-state index is 0.445. The Morgan fingerprint density at radius 3 is 1.53 bits per heavy atom. The summed E-state index contributed by atoms with van der Waals surface area (Å²) in [6.07, 6.45) is 2.32. The minimum absolute atomic E-state index is 0.445. The fourth-order valence-corrected chi connectivity index (χ4v) is 1.04. The van der Waals surface area contributed by atoms with Gasteiger partial charge in [0, 0.05) is 13.0 Å². The molecule has 0 saturated heterocycles. The molecule has 0 saturated carbocycles. The molecule has 0 radical (unpaired) electrons. The van der Waals surface area contributed by atoms with Gasteiger partial charge in [0.25, 0.3) is 0 Å². The summed E-state index contributed by atoms with van der Waals surface area (Å²) < 4.78 is 20.9. The van der Waals surface area contributed by atoms with Crippen molar-refractivity contribution < 1.29 is 23.7 Å². The number of rotatable bonds is 14. The summed E-state index contributed by atoms with van der Waals surface area (Å²) in [5.74, 6) is 0. The van der Waals surface area contributed by atoms with Crippen LogP contribution in [0.2, 0.25) is 0 Å². The maximum absolute atomic E-state index is 9.97. The lowest BCUT2D eigenvalue weighted by Crippen LogP contribution is -2.12. The second-order valence-corrected chi connectivity index (χ2v) is 3.40. The Bertz CT molecular complexity index is 152. The predicted octanol–water partition coefficient (Wildman–Crippen LogP) is 1.05. The molecule has 0 aliphatic rings. The number of aldehydes is 1. The normalized spacial score (nSPS) is 10.6. The van der Waals surface area contributed by atoms with Gasteiger partial charge in [-0.1, -0.05) is 6.92 Å². The standard InChI is InChI=1S/C12H24O5/c1-2-5-14-7-9-16-11-12-17-10-8-15-6-3-4-13/h4H,2-3,5-12H2,1H3. The highest BCUT2D eigenvalue weighted by Gasteiger charge is 1.92. The molecular formula is C12H24O5. The van der Waals surface area contributed by atoms with E-state index in [1.54, 1.807) is 0 Å². The Kier molecular flexibility index (Phi) is 15.1. The molecule has 0 aliphatic carbocycles. The summed E-state index contributed by atoms with van der Waals surface area (Å²) >= 11 is 0. The first-order valence-corrected chi connectivity index (χ1v) is 6.16. The summed E-state index contributed by atoms with van der Waals surface area (Å²) in [6, 6.07) is 0. The first kappa shape index (κ1) is 16.5. The van der Waals surface area contributed by atoms with Crippen LogP contribution < -0.4 is 0 Å². The van der Waals surface area contributed by atoms with E-state index in [1.165, 1.54) is 0 Å². The monoisotopic (exact) mass is 248 g/mol. The molecule has 0 aromatic heterocycles. The third kappa shape index (κ3) is 15.5. The van der Waals surface area contributed by atoms with Crippen molar-refractivity contribution in [2.75, 3.05) is 52.9 Å². The van der Waals surface area contributed by atoms with Crippen molar-refractivity contribution in [1.82, 2.24) is 0 Å². The lowest BCUT2D eigenvalue weighted by atomic mass is 10.5. The largest absolute Gasteiger partial charge is 0.379 e. The zero-order chi connectivity index (χ0) is 12.6. The van der Waals surface area contributed by atoms with Gasteiger partial charge in [0.2, 0.25) is 0 Å². The molecule has 0 fully saturated rings. The van der Waals surface area contributed by atoms with Crippen LogP contribution in [0.3, 0.4) is 0 Å². The second kappa shape index (κ2) is 15.5. The Morgan fingerprint density at radius 2 is 1.12 bits per heavy atom. The molecule has 0 N–H and O–H groups in total. The van der Waals surface area contributed by atoms with Crippen LogP contribution in [-0.4, -0.2) is 59.1 Å². The smallest absolute Gasteiger partial charge is 0.122 e. The van der Waals surface area contributed by atoms with Crippen molar-refractivity contribution in [3.63, 3.8) is 0 Å². The van der Waals surface area contributed by atoms with E-state index in [-0.39, 0.29) is 0 Å². The Morgan fingerprint density at radius 1 is 0.706 bits per heavy atom. The minimum Gasteiger partial charge on any atom is -0.379 e. The molecule has 0 aromatic carbocycles. The lowest BCUT2D eigenvalue weighted by Gasteiger charge is -2.06. The van der Waals surface area contributed by atoms with Gasteiger partial charge >= 0.3 is 0 Å². The maximum Gasteiger partial charge on any atom is 0.122 e. The third-order valence-electron chi connectivity index (χ3n) is 1.84. The van der Waals surface area contributed by atoms with Gasteiger partial charge in [0.1, 0.15) is 6.29 Å². The fourth-order valence-electron chi connectivity index (χ4n) is 1.04. The van der Waals surface area contributed by atoms with E-state index < -0.39 is 0 Å². The quantitative estimate of drug-likeness (QED) is 0.340. The molecule has 0 aromatic rings. The van der Waals surface area contributed by atoms with E-state index in [0.29, 0.717) is 52.7 Å². The first-order valence-electron chi connectivity index (χ1n) is 6.16. The molecular weight excluding hydrogens is 224 g/mol. The highest BCUT2D eigenvalue weighted by molar-refractivity contribution is 5.49. The molecule has 0 unspecified atom stereocenters. The first-order chi connectivity index (χ1) is 8.41. The van der Waals surface area contributed by atoms with Crippen molar-refractivity contribution >= 4 is 6.29 Å². The van der Waals surface area contributed by atoms with Gasteiger partial charge in [-0.3, -0.25) is 0 Å². The van der Waals surface area contributed by atoms with Gasteiger partial charge in [-0.05, 0) is 6.42 Å². The maximum atomic E-state index is 9.97. The number of carbonyl (C=O) groups excluding carboxylic acids is 1. The zero-order valence-corrected chi connectivity index (χ0v) is 10.7. The molecule has 0 spiro atoms. The summed E-state index contributed by atoms with van der Waals surface area (Å²) in [4.78, 5) is 9.97. The topological polar surface area (TPSA) is 54.0 Å². The molecule has 17 heavy (non-hydrogen) atoms. The van der Waals surface area contributed by atoms with Crippen LogP contribution in [0.15, 0.2) is 0 Å². The predicted molar refractivity (Wildman–Crippen MR) is 64.2 cm³/mol. The van der Waals surface area contributed by atoms with E-state index in [1.807, 2.05) is 0 Å². The lowest BCUT2D eigenvalue weighted by molar-refractivity contribution is -0.108. The molecule has 5 heteroatoms. The van der Waals surface area contributed by atoms with E-state index >= 15 is 0 Å². The summed E-state index contributed by atoms with van der Waals surface area (Å²) in [5, 5.41) is 0. The highest BCUT2D eigenvalue weighted by Crippen LogP contribution is 1.84. The number of hydrogen-bond acceptors (Lipinski definition) is 5. The van der Waals surface area contributed by atoms with Gasteiger partial charge < -0.3 is 23.7 Å². The van der Waals surface area contributed by atoms with Gasteiger partial charge in [-0.15, -0.1) is 0 Å². The SMILES string of the molecule is CCCOCCOCCOCCOCCC=O. The van der Waals surface area contributed by atoms with Crippen LogP contribution in [-0.2, 0) is 23.7 Å². The zero-order valence-electron chi connectivity index (χ0n) is 10.7. The van der Waals surface area contributed by atoms with Crippen molar-refractivity contribution in [1.29, 1.82) is 0 Å². The Hall–Kier alpha value is -0.490. The van der Waals surface area contributed by atoms with Gasteiger partial charge in [0.05, 0.1) is 46.2 Å². The van der Waals surface area contributed by atoms with Crippen LogP contribution in [0.5, 0.6) is 0 Å². The van der Waals surface area contributed by atoms with Crippen LogP contribution >= 0.6 is 0 Å². The van der Waals surface area contributed by atoms with E-state index in [4.69, 9.17) is 18.9 Å². The summed E-state index contributed by atoms with van der Waals surface area (Å²) in [7, 11) is 0. The highest BCUT2D eigenvalue weighted by atomic mass is 16.6. The Labute approximate surface area is 103 Å². The van der Waals surface area contributed by atoms with Crippen molar-refractivity contribution in [2.45, 2.75) is 19.8 Å². The fraction of sp³-hybridized carbons (Fsp3) is 0.917. The van der Waals surface area contributed by atoms with Gasteiger partial charge in [0.15, 0.2) is 0 Å². The average molecular weight is 248 g/mol. The molecule has 0 heterocycles. The molecule has 0 bridgehead atoms. The van der Waals surface area contributed by atoms with Crippen molar-refractivity contribution in [2.24, 2.45) is 0 Å². The third-order valence-corrected chi connectivity index (χ3v) is 1.84. The molecule has 0 aliphatic heterocycles. The number of ether oxygens (including phenoxy) is 4. The van der Waals surface area contributed by atoms with Crippen LogP contribution in [0.1, 0.15) is 19.8 Å². The van der Waals surface area contributed by atoms with Crippen LogP contribution in [0.4, 0.5) is 0 Å². The second-order valence-electron chi connectivity index (χ2n) is 3.40. The van der Waals surface area contributed by atoms with E-state index in [2.05, 4.69) is 6.92 Å². The summed E-state index contributed by atoms with van der Waals surface area (Å²) in [6.45, 7) is 6.78. The Balaban J connectivity index is 2.87. The van der Waals surface area contributed by atoms with E-state index in [0.717, 1.165) is 19.3 Å². The van der Waals surface area contributed by atoms with Crippen LogP contribution in [0.25, 0.3) is 0 Å². The van der Waals surface area contributed by atoms with E-state index in [9.17, 15) is 4.79 Å².